The second kappa shape index (κ2) is 6.28. The molecular weight excluding hydrogens is 278 g/mol. The molecule has 1 unspecified atom stereocenters. The molecule has 0 bridgehead atoms. The minimum atomic E-state index is -3.68. The second-order valence-electron chi connectivity index (χ2n) is 3.64. The summed E-state index contributed by atoms with van der Waals surface area (Å²) in [5, 5.41) is 10.0. The summed E-state index contributed by atoms with van der Waals surface area (Å²) in [7, 11) is -3.68. The Morgan fingerprint density at radius 3 is 2.78 bits per heavy atom. The monoisotopic (exact) mass is 293 g/mol. The number of nitrogens with one attached hydrogen (secondary N) is 1. The van der Waals surface area contributed by atoms with Gasteiger partial charge in [0.05, 0.1) is 12.2 Å². The van der Waals surface area contributed by atoms with Gasteiger partial charge in [-0.1, -0.05) is 0 Å². The van der Waals surface area contributed by atoms with E-state index >= 15 is 0 Å². The molecule has 0 spiro atoms. The highest BCUT2D eigenvalue weighted by Crippen LogP contribution is 2.20. The summed E-state index contributed by atoms with van der Waals surface area (Å²) in [6, 6.07) is 0.772. The van der Waals surface area contributed by atoms with Crippen LogP contribution in [-0.4, -0.2) is 38.7 Å². The molecule has 0 amide bonds. The maximum absolute atomic E-state index is 11.9. The Morgan fingerprint density at radius 1 is 1.61 bits per heavy atom. The number of rotatable bonds is 7. The molecule has 0 aromatic carbocycles. The van der Waals surface area contributed by atoms with Crippen LogP contribution < -0.4 is 4.72 Å². The highest BCUT2D eigenvalue weighted by atomic mass is 32.2. The van der Waals surface area contributed by atoms with Gasteiger partial charge in [-0.25, -0.2) is 17.9 Å². The van der Waals surface area contributed by atoms with E-state index in [1.54, 1.807) is 6.92 Å². The van der Waals surface area contributed by atoms with Crippen molar-refractivity contribution < 1.29 is 23.1 Å². The van der Waals surface area contributed by atoms with E-state index < -0.39 is 16.0 Å². The molecule has 6 nitrogen and oxygen atoms in total. The van der Waals surface area contributed by atoms with E-state index in [1.165, 1.54) is 5.38 Å². The molecule has 1 atom stereocenters. The van der Waals surface area contributed by atoms with Gasteiger partial charge in [-0.2, -0.15) is 0 Å². The number of sulfonamides is 1. The first kappa shape index (κ1) is 15.1. The van der Waals surface area contributed by atoms with Gasteiger partial charge in [0, 0.05) is 18.0 Å². The van der Waals surface area contributed by atoms with Gasteiger partial charge in [-0.15, -0.1) is 11.3 Å². The fraction of sp³-hybridized carbons (Fsp3) is 0.500. The van der Waals surface area contributed by atoms with Crippen molar-refractivity contribution in [2.24, 2.45) is 0 Å². The Balaban J connectivity index is 2.76. The Hall–Kier alpha value is -0.960. The largest absolute Gasteiger partial charge is 0.478 e. The summed E-state index contributed by atoms with van der Waals surface area (Å²) in [4.78, 5) is 10.7. The number of hydrogen-bond acceptors (Lipinski definition) is 5. The summed E-state index contributed by atoms with van der Waals surface area (Å²) in [6.45, 7) is 4.28. The van der Waals surface area contributed by atoms with Gasteiger partial charge in [0.2, 0.25) is 10.0 Å². The quantitative estimate of drug-likeness (QED) is 0.786. The predicted octanol–water partition coefficient (Wildman–Crippen LogP) is 1.15. The SMILES string of the molecule is CCOCC(C)NS(=O)(=O)c1cc(C(=O)O)cs1. The zero-order valence-electron chi connectivity index (χ0n) is 10.0. The van der Waals surface area contributed by atoms with Crippen LogP contribution in [0.4, 0.5) is 0 Å². The third-order valence-corrected chi connectivity index (χ3v) is 5.04. The Morgan fingerprint density at radius 2 is 2.28 bits per heavy atom. The topological polar surface area (TPSA) is 92.7 Å². The van der Waals surface area contributed by atoms with Crippen LogP contribution in [0.1, 0.15) is 24.2 Å². The molecule has 1 rings (SSSR count). The van der Waals surface area contributed by atoms with Crippen LogP contribution in [0.2, 0.25) is 0 Å². The fourth-order valence-corrected chi connectivity index (χ4v) is 3.62. The molecule has 0 aliphatic rings. The molecule has 1 aromatic heterocycles. The number of hydrogen-bond donors (Lipinski definition) is 2. The molecule has 18 heavy (non-hydrogen) atoms. The number of carboxylic acids is 1. The number of thiophene rings is 1. The Bertz CT molecular complexity index is 508. The molecule has 2 N–H and O–H groups in total. The zero-order chi connectivity index (χ0) is 13.8. The van der Waals surface area contributed by atoms with Crippen LogP contribution in [0.15, 0.2) is 15.7 Å². The van der Waals surface area contributed by atoms with Crippen molar-refractivity contribution in [3.63, 3.8) is 0 Å². The van der Waals surface area contributed by atoms with Gasteiger partial charge in [-0.05, 0) is 19.9 Å². The zero-order valence-corrected chi connectivity index (χ0v) is 11.7. The van der Waals surface area contributed by atoms with Crippen molar-refractivity contribution in [1.29, 1.82) is 0 Å². The van der Waals surface area contributed by atoms with Crippen LogP contribution in [0.25, 0.3) is 0 Å². The Labute approximate surface area is 110 Å². The number of carboxylic acid groups (broad SMARTS) is 1. The van der Waals surface area contributed by atoms with Gasteiger partial charge in [0.25, 0.3) is 0 Å². The lowest BCUT2D eigenvalue weighted by atomic mass is 10.4. The first-order valence-corrected chi connectivity index (χ1v) is 7.65. The summed E-state index contributed by atoms with van der Waals surface area (Å²) < 4.78 is 31.3. The van der Waals surface area contributed by atoms with E-state index in [0.717, 1.165) is 17.4 Å². The van der Waals surface area contributed by atoms with E-state index in [9.17, 15) is 13.2 Å². The van der Waals surface area contributed by atoms with Crippen LogP contribution in [0.5, 0.6) is 0 Å². The van der Waals surface area contributed by atoms with Gasteiger partial charge < -0.3 is 9.84 Å². The maximum atomic E-state index is 11.9. The smallest absolute Gasteiger partial charge is 0.336 e. The summed E-state index contributed by atoms with van der Waals surface area (Å²) in [6.07, 6.45) is 0. The molecule has 1 heterocycles. The number of ether oxygens (including phenoxy) is 1. The Kier molecular flexibility index (Phi) is 5.27. The molecule has 102 valence electrons. The highest BCUT2D eigenvalue weighted by Gasteiger charge is 2.21. The first-order chi connectivity index (χ1) is 8.36. The van der Waals surface area contributed by atoms with E-state index in [1.807, 2.05) is 6.92 Å². The fourth-order valence-electron chi connectivity index (χ4n) is 1.22. The van der Waals surface area contributed by atoms with E-state index in [-0.39, 0.29) is 22.4 Å². The minimum absolute atomic E-state index is 0.0109. The van der Waals surface area contributed by atoms with E-state index in [2.05, 4.69) is 4.72 Å². The molecule has 0 fully saturated rings. The van der Waals surface area contributed by atoms with Crippen LogP contribution in [0, 0.1) is 0 Å². The molecule has 0 saturated heterocycles. The summed E-state index contributed by atoms with van der Waals surface area (Å²) >= 11 is 0.879. The van der Waals surface area contributed by atoms with Crippen LogP contribution in [-0.2, 0) is 14.8 Å². The molecule has 0 aliphatic heterocycles. The highest BCUT2D eigenvalue weighted by molar-refractivity contribution is 7.91. The standard InChI is InChI=1S/C10H15NO5S2/c1-3-16-5-7(2)11-18(14,15)9-4-8(6-17-9)10(12)13/h4,6-7,11H,3,5H2,1-2H3,(H,12,13). The lowest BCUT2D eigenvalue weighted by Crippen LogP contribution is -2.35. The first-order valence-electron chi connectivity index (χ1n) is 5.28. The van der Waals surface area contributed by atoms with Crippen LogP contribution in [0.3, 0.4) is 0 Å². The van der Waals surface area contributed by atoms with Crippen molar-refractivity contribution in [1.82, 2.24) is 4.72 Å². The van der Waals surface area contributed by atoms with Crippen molar-refractivity contribution >= 4 is 27.3 Å². The average Bonchev–Trinajstić information content (AvgIpc) is 2.75. The molecule has 0 aliphatic carbocycles. The lowest BCUT2D eigenvalue weighted by Gasteiger charge is -2.12. The van der Waals surface area contributed by atoms with Crippen molar-refractivity contribution in [2.45, 2.75) is 24.1 Å². The average molecular weight is 293 g/mol. The van der Waals surface area contributed by atoms with Gasteiger partial charge in [-0.3, -0.25) is 0 Å². The van der Waals surface area contributed by atoms with E-state index in [4.69, 9.17) is 9.84 Å². The number of carbonyl (C=O) groups is 1. The predicted molar refractivity (Wildman–Crippen MR) is 67.6 cm³/mol. The third kappa shape index (κ3) is 4.05. The summed E-state index contributed by atoms with van der Waals surface area (Å²) in [5.41, 5.74) is -0.0298. The van der Waals surface area contributed by atoms with Crippen LogP contribution >= 0.6 is 11.3 Å². The number of aromatic carboxylic acids is 1. The molecule has 0 saturated carbocycles. The van der Waals surface area contributed by atoms with Crippen molar-refractivity contribution in [3.8, 4) is 0 Å². The maximum Gasteiger partial charge on any atom is 0.336 e. The van der Waals surface area contributed by atoms with E-state index in [0.29, 0.717) is 6.61 Å². The van der Waals surface area contributed by atoms with Gasteiger partial charge in [0.1, 0.15) is 4.21 Å². The van der Waals surface area contributed by atoms with Gasteiger partial charge >= 0.3 is 5.97 Å². The van der Waals surface area contributed by atoms with Crippen molar-refractivity contribution in [3.05, 3.63) is 17.0 Å². The normalized spacial score (nSPS) is 13.4. The van der Waals surface area contributed by atoms with Gasteiger partial charge in [0.15, 0.2) is 0 Å². The molecule has 1 aromatic rings. The molecule has 8 heteroatoms. The second-order valence-corrected chi connectivity index (χ2v) is 6.49. The third-order valence-electron chi connectivity index (χ3n) is 2.02. The minimum Gasteiger partial charge on any atom is -0.478 e. The molecule has 0 radical (unpaired) electrons. The summed E-state index contributed by atoms with van der Waals surface area (Å²) in [5.74, 6) is -1.14. The van der Waals surface area contributed by atoms with Crippen molar-refractivity contribution in [2.75, 3.05) is 13.2 Å². The molecular formula is C10H15NO5S2. The lowest BCUT2D eigenvalue weighted by molar-refractivity contribution is 0.0697.